The minimum atomic E-state index is -2.94. The average molecular weight is 312 g/mol. The molecule has 0 saturated heterocycles. The molecule has 0 spiro atoms. The van der Waals surface area contributed by atoms with Crippen molar-refractivity contribution in [3.63, 3.8) is 0 Å². The summed E-state index contributed by atoms with van der Waals surface area (Å²) in [6.45, 7) is 5.70. The summed E-state index contributed by atoms with van der Waals surface area (Å²) in [6.07, 6.45) is 0. The van der Waals surface area contributed by atoms with Gasteiger partial charge in [0.05, 0.1) is 5.56 Å². The molecular formula is C16H18LiO4P. The molecule has 0 saturated carbocycles. The molecular weight excluding hydrogens is 294 g/mol. The van der Waals surface area contributed by atoms with E-state index in [2.05, 4.69) is 0 Å². The Labute approximate surface area is 143 Å². The van der Waals surface area contributed by atoms with Gasteiger partial charge in [0.2, 0.25) is 0 Å². The summed E-state index contributed by atoms with van der Waals surface area (Å²) >= 11 is 0. The van der Waals surface area contributed by atoms with Crippen LogP contribution in [-0.4, -0.2) is 24.8 Å². The van der Waals surface area contributed by atoms with Crippen LogP contribution < -0.4 is 4.52 Å². The molecule has 0 radical (unpaired) electrons. The summed E-state index contributed by atoms with van der Waals surface area (Å²) in [6, 6.07) is 12.3. The first kappa shape index (κ1) is 18.6. The standard InChI is InChI=1S/C16H17O4P.Li.H/c1-11-9-12(2)15(13(3)10-11)19-21(18)20-16(17)14-7-5-4-6-8-14;;/h4-10,21H,1-3H3;;. The Morgan fingerprint density at radius 3 is 2.09 bits per heavy atom. The van der Waals surface area contributed by atoms with Crippen molar-refractivity contribution in [3.8, 4) is 5.75 Å². The van der Waals surface area contributed by atoms with Crippen molar-refractivity contribution < 1.29 is 18.4 Å². The van der Waals surface area contributed by atoms with Crippen LogP contribution in [-0.2, 0) is 9.09 Å². The molecule has 0 fully saturated rings. The van der Waals surface area contributed by atoms with Gasteiger partial charge >= 0.3 is 33.1 Å². The van der Waals surface area contributed by atoms with Crippen LogP contribution in [0, 0.1) is 20.8 Å². The van der Waals surface area contributed by atoms with E-state index < -0.39 is 14.2 Å². The minimum absolute atomic E-state index is 0. The average Bonchev–Trinajstić information content (AvgIpc) is 2.43. The molecule has 1 atom stereocenters. The van der Waals surface area contributed by atoms with Crippen LogP contribution in [0.3, 0.4) is 0 Å². The molecule has 0 aromatic heterocycles. The molecule has 0 amide bonds. The third-order valence-electron chi connectivity index (χ3n) is 2.98. The molecule has 2 aromatic carbocycles. The summed E-state index contributed by atoms with van der Waals surface area (Å²) in [5.74, 6) is -0.146. The number of hydrogen-bond acceptors (Lipinski definition) is 4. The van der Waals surface area contributed by atoms with Gasteiger partial charge in [-0.3, -0.25) is 0 Å². The third-order valence-corrected chi connectivity index (χ3v) is 3.70. The molecule has 0 aliphatic carbocycles. The van der Waals surface area contributed by atoms with Gasteiger partial charge < -0.3 is 9.05 Å². The van der Waals surface area contributed by atoms with Gasteiger partial charge in [-0.25, -0.2) is 9.36 Å². The molecule has 6 heteroatoms. The number of hydrogen-bond donors (Lipinski definition) is 0. The number of carbonyl (C=O) groups is 1. The molecule has 0 heterocycles. The second-order valence-corrected chi connectivity index (χ2v) is 5.74. The number of benzene rings is 2. The molecule has 0 N–H and O–H groups in total. The van der Waals surface area contributed by atoms with Gasteiger partial charge in [0, 0.05) is 0 Å². The molecule has 0 aliphatic rings. The van der Waals surface area contributed by atoms with Gasteiger partial charge in [-0.2, -0.15) is 0 Å². The summed E-state index contributed by atoms with van der Waals surface area (Å²) in [5, 5.41) is 0. The van der Waals surface area contributed by atoms with E-state index in [9.17, 15) is 9.36 Å². The number of carbonyl (C=O) groups excluding carboxylic acids is 1. The maximum absolute atomic E-state index is 11.9. The zero-order valence-corrected chi connectivity index (χ0v) is 13.2. The normalized spacial score (nSPS) is 11.2. The fourth-order valence-corrected chi connectivity index (χ4v) is 2.94. The van der Waals surface area contributed by atoms with Gasteiger partial charge in [-0.05, 0) is 44.0 Å². The zero-order valence-electron chi connectivity index (χ0n) is 12.2. The Kier molecular flexibility index (Phi) is 6.96. The number of rotatable bonds is 4. The van der Waals surface area contributed by atoms with Gasteiger partial charge in [0.15, 0.2) is 0 Å². The first-order valence-electron chi connectivity index (χ1n) is 6.54. The van der Waals surface area contributed by atoms with Gasteiger partial charge in [-0.1, -0.05) is 35.9 Å². The molecule has 22 heavy (non-hydrogen) atoms. The predicted molar refractivity (Wildman–Crippen MR) is 89.3 cm³/mol. The SMILES string of the molecule is Cc1cc(C)c(O[PH](=O)OC(=O)c2ccccc2)c(C)c1.[LiH]. The Morgan fingerprint density at radius 2 is 1.55 bits per heavy atom. The second-order valence-electron chi connectivity index (χ2n) is 4.84. The van der Waals surface area contributed by atoms with Crippen LogP contribution in [0.4, 0.5) is 0 Å². The quantitative estimate of drug-likeness (QED) is 0.639. The summed E-state index contributed by atoms with van der Waals surface area (Å²) in [5.41, 5.74) is 3.17. The topological polar surface area (TPSA) is 52.6 Å². The van der Waals surface area contributed by atoms with Crippen molar-refractivity contribution in [2.75, 3.05) is 0 Å². The molecule has 4 nitrogen and oxygen atoms in total. The van der Waals surface area contributed by atoms with E-state index in [-0.39, 0.29) is 18.9 Å². The maximum atomic E-state index is 11.9. The molecule has 0 bridgehead atoms. The van der Waals surface area contributed by atoms with E-state index in [4.69, 9.17) is 9.05 Å². The van der Waals surface area contributed by atoms with Gasteiger partial charge in [0.25, 0.3) is 0 Å². The Bertz CT molecular complexity index is 663. The van der Waals surface area contributed by atoms with Crippen molar-refractivity contribution in [2.45, 2.75) is 20.8 Å². The van der Waals surface area contributed by atoms with Crippen LogP contribution in [0.15, 0.2) is 42.5 Å². The van der Waals surface area contributed by atoms with Crippen LogP contribution in [0.2, 0.25) is 0 Å². The van der Waals surface area contributed by atoms with Crippen molar-refractivity contribution in [1.29, 1.82) is 0 Å². The van der Waals surface area contributed by atoms with E-state index in [0.717, 1.165) is 16.7 Å². The first-order valence-corrected chi connectivity index (χ1v) is 7.76. The van der Waals surface area contributed by atoms with Crippen LogP contribution >= 0.6 is 8.25 Å². The summed E-state index contributed by atoms with van der Waals surface area (Å²) in [4.78, 5) is 11.8. The van der Waals surface area contributed by atoms with E-state index in [1.54, 1.807) is 30.3 Å². The van der Waals surface area contributed by atoms with E-state index in [1.807, 2.05) is 32.9 Å². The van der Waals surface area contributed by atoms with Crippen molar-refractivity contribution in [2.24, 2.45) is 0 Å². The third kappa shape index (κ3) is 4.78. The molecule has 2 rings (SSSR count). The Balaban J connectivity index is 0.00000242. The number of aryl methyl sites for hydroxylation is 3. The van der Waals surface area contributed by atoms with Crippen molar-refractivity contribution in [3.05, 3.63) is 64.7 Å². The van der Waals surface area contributed by atoms with E-state index in [1.165, 1.54) is 0 Å². The fourth-order valence-electron chi connectivity index (χ4n) is 2.14. The molecule has 1 unspecified atom stereocenters. The molecule has 112 valence electrons. The predicted octanol–water partition coefficient (Wildman–Crippen LogP) is 3.59. The second kappa shape index (κ2) is 8.24. The summed E-state index contributed by atoms with van der Waals surface area (Å²) in [7, 11) is -2.94. The van der Waals surface area contributed by atoms with Crippen LogP contribution in [0.1, 0.15) is 27.0 Å². The van der Waals surface area contributed by atoms with Crippen molar-refractivity contribution in [1.82, 2.24) is 0 Å². The van der Waals surface area contributed by atoms with E-state index >= 15 is 0 Å². The molecule has 2 aromatic rings. The first-order chi connectivity index (χ1) is 9.97. The van der Waals surface area contributed by atoms with Crippen LogP contribution in [0.5, 0.6) is 5.75 Å². The van der Waals surface area contributed by atoms with Gasteiger partial charge in [-0.15, -0.1) is 0 Å². The zero-order chi connectivity index (χ0) is 15.4. The molecule has 0 aliphatic heterocycles. The Morgan fingerprint density at radius 1 is 1.00 bits per heavy atom. The fraction of sp³-hybridized carbons (Fsp3) is 0.188. The van der Waals surface area contributed by atoms with Gasteiger partial charge in [0.1, 0.15) is 5.75 Å². The Hall–Kier alpha value is -1.46. The van der Waals surface area contributed by atoms with Crippen LogP contribution in [0.25, 0.3) is 0 Å². The monoisotopic (exact) mass is 312 g/mol. The van der Waals surface area contributed by atoms with E-state index in [0.29, 0.717) is 11.3 Å². The van der Waals surface area contributed by atoms with Crippen molar-refractivity contribution >= 4 is 33.1 Å². The summed E-state index contributed by atoms with van der Waals surface area (Å²) < 4.78 is 22.1.